The van der Waals surface area contributed by atoms with Crippen LogP contribution in [0, 0.1) is 31.6 Å². The predicted molar refractivity (Wildman–Crippen MR) is 350 cm³/mol. The van der Waals surface area contributed by atoms with E-state index in [-0.39, 0.29) is 28.9 Å². The van der Waals surface area contributed by atoms with E-state index < -0.39 is 6.03 Å². The van der Waals surface area contributed by atoms with Gasteiger partial charge in [0.15, 0.2) is 0 Å². The lowest BCUT2D eigenvalue weighted by atomic mass is 9.84. The molecule has 3 aliphatic heterocycles. The molecule has 0 atom stereocenters. The van der Waals surface area contributed by atoms with Crippen LogP contribution in [0.1, 0.15) is 107 Å². The van der Waals surface area contributed by atoms with Gasteiger partial charge in [-0.3, -0.25) is 14.7 Å². The van der Waals surface area contributed by atoms with Crippen LogP contribution < -0.4 is 41.7 Å². The number of halogens is 6. The molecule has 3 saturated carbocycles. The Hall–Kier alpha value is -3.71. The molecule has 0 unspecified atom stereocenters. The fraction of sp³-hybridized carbons (Fsp3) is 0.661. The van der Waals surface area contributed by atoms with Gasteiger partial charge in [-0.15, -0.1) is 0 Å². The molecule has 3 aliphatic carbocycles. The fourth-order valence-electron chi connectivity index (χ4n) is 12.8. The average molecular weight is 1280 g/mol. The summed E-state index contributed by atoms with van der Waals surface area (Å²) in [4.78, 5) is 50.3. The van der Waals surface area contributed by atoms with Gasteiger partial charge in [0.2, 0.25) is 0 Å². The van der Waals surface area contributed by atoms with Crippen LogP contribution in [0.2, 0.25) is 30.1 Å². The van der Waals surface area contributed by atoms with E-state index >= 15 is 0 Å². The number of primary amides is 1. The lowest BCUT2D eigenvalue weighted by Gasteiger charge is -2.37. The number of anilines is 3. The van der Waals surface area contributed by atoms with Gasteiger partial charge < -0.3 is 51.7 Å². The molecule has 0 aromatic heterocycles. The highest BCUT2D eigenvalue weighted by Gasteiger charge is 2.29. The molecule has 468 valence electrons. The summed E-state index contributed by atoms with van der Waals surface area (Å²) in [5.41, 5.74) is 10.3. The van der Waals surface area contributed by atoms with Gasteiger partial charge in [-0.1, -0.05) is 81.7 Å². The van der Waals surface area contributed by atoms with Gasteiger partial charge in [-0.05, 0) is 183 Å². The number of rotatable bonds is 15. The van der Waals surface area contributed by atoms with Gasteiger partial charge in [0.25, 0.3) is 0 Å². The Morgan fingerprint density at radius 2 is 0.798 bits per heavy atom. The summed E-state index contributed by atoms with van der Waals surface area (Å²) in [6.45, 7) is 19.4. The normalized spacial score (nSPS) is 23.5. The molecule has 6 aliphatic rings. The summed E-state index contributed by atoms with van der Waals surface area (Å²) in [6.07, 6.45) is 17.3. The number of hydrogen-bond acceptors (Lipinski definition) is 10. The highest BCUT2D eigenvalue weighted by atomic mass is 35.5. The number of aryl methyl sites for hydroxylation is 2. The van der Waals surface area contributed by atoms with E-state index in [4.69, 9.17) is 75.3 Å². The monoisotopic (exact) mass is 1280 g/mol. The number of hydrogen-bond donors (Lipinski definition) is 6. The van der Waals surface area contributed by atoms with Crippen LogP contribution in [0.25, 0.3) is 0 Å². The van der Waals surface area contributed by atoms with Gasteiger partial charge in [0.1, 0.15) is 10.8 Å². The van der Waals surface area contributed by atoms with E-state index in [0.29, 0.717) is 37.2 Å². The molecular weight excluding hydrogens is 1190 g/mol. The maximum Gasteiger partial charge on any atom is 0.317 e. The van der Waals surface area contributed by atoms with Crippen molar-refractivity contribution in [2.45, 2.75) is 128 Å². The summed E-state index contributed by atoms with van der Waals surface area (Å²) in [6, 6.07) is 12.2. The Kier molecular flexibility index (Phi) is 27.1. The minimum atomic E-state index is -0.397. The number of nitrogens with zero attached hydrogens (tertiary/aromatic N) is 7. The third-order valence-corrected chi connectivity index (χ3v) is 21.2. The Labute approximate surface area is 531 Å². The minimum absolute atomic E-state index is 0.0151. The Morgan fingerprint density at radius 1 is 0.476 bits per heavy atom. The molecule has 16 nitrogen and oxygen atoms in total. The second kappa shape index (κ2) is 33.6. The molecule has 6 amide bonds. The molecule has 3 saturated heterocycles. The van der Waals surface area contributed by atoms with Crippen LogP contribution >= 0.6 is 69.6 Å². The minimum Gasteiger partial charge on any atom is -0.506 e. The zero-order valence-electron chi connectivity index (χ0n) is 50.3. The number of amides is 6. The number of carbonyl (C=O) groups is 3. The molecule has 84 heavy (non-hydrogen) atoms. The van der Waals surface area contributed by atoms with Crippen molar-refractivity contribution < 1.29 is 19.5 Å². The Morgan fingerprint density at radius 3 is 1.13 bits per heavy atom. The van der Waals surface area contributed by atoms with Crippen molar-refractivity contribution in [3.8, 4) is 5.75 Å². The Balaban J connectivity index is 0.000000181. The van der Waals surface area contributed by atoms with Crippen molar-refractivity contribution in [3.63, 3.8) is 0 Å². The van der Waals surface area contributed by atoms with Crippen molar-refractivity contribution in [2.75, 3.05) is 134 Å². The zero-order valence-corrected chi connectivity index (χ0v) is 54.8. The molecule has 0 spiro atoms. The van der Waals surface area contributed by atoms with Crippen LogP contribution in [0.5, 0.6) is 5.75 Å². The first-order valence-electron chi connectivity index (χ1n) is 30.8. The van der Waals surface area contributed by atoms with Crippen LogP contribution in [0.3, 0.4) is 0 Å². The number of phenolic OH excluding ortho intramolecular Hbond substituents is 1. The highest BCUT2D eigenvalue weighted by Crippen LogP contribution is 2.40. The van der Waals surface area contributed by atoms with Crippen LogP contribution in [-0.2, 0) is 0 Å². The van der Waals surface area contributed by atoms with Crippen molar-refractivity contribution in [1.29, 1.82) is 0 Å². The number of aromatic hydroxyl groups is 1. The number of nitrogens with two attached hydrogens (primary N) is 1. The number of carbonyl (C=O) groups excluding carboxylic acids is 3. The topological polar surface area (TPSA) is 168 Å². The molecule has 3 aromatic carbocycles. The number of nitrogens with one attached hydrogen (secondary N) is 4. The SMILES string of the molecule is CN(C)C(=O)NC1CCC(CCN2CCN(c3ccc(O)c(Cl)c3Cl)CC2)CC1.CNC(=O)NC1CCC(CCN2CCN(c3ccc(C)c(Cl)c3Cl)CC2)CC1.Cc1ccc(N2CCN(CCC3CCC(NC(N)=O)CC3)CC2)c(Cl)c1Cl. The van der Waals surface area contributed by atoms with Gasteiger partial charge in [0, 0.05) is 118 Å². The zero-order chi connectivity index (χ0) is 60.5. The first kappa shape index (κ1) is 67.8. The van der Waals surface area contributed by atoms with Crippen LogP contribution in [0.15, 0.2) is 36.4 Å². The molecule has 7 N–H and O–H groups in total. The smallest absolute Gasteiger partial charge is 0.317 e. The molecule has 9 rings (SSSR count). The van der Waals surface area contributed by atoms with E-state index in [1.807, 2.05) is 32.0 Å². The van der Waals surface area contributed by atoms with E-state index in [1.165, 1.54) is 57.8 Å². The molecule has 6 fully saturated rings. The third-order valence-electron chi connectivity index (χ3n) is 18.4. The summed E-state index contributed by atoms with van der Waals surface area (Å²) in [7, 11) is 5.23. The third kappa shape index (κ3) is 20.2. The maximum absolute atomic E-state index is 11.8. The second-order valence-electron chi connectivity index (χ2n) is 24.4. The fourth-order valence-corrected chi connectivity index (χ4v) is 14.2. The van der Waals surface area contributed by atoms with E-state index in [2.05, 4.69) is 62.8 Å². The standard InChI is InChI=1S/C21H32Cl2N4O2.C21H32Cl2N4O.C20H30Cl2N4O/c1-25(2)21(29)24-16-5-3-15(4-6-16)9-10-26-11-13-27(14-12-26)17-7-8-18(28)20(23)19(17)22;1-15-3-8-18(20(23)19(15)22)27-13-11-26(12-14-27)10-9-16-4-6-17(7-5-16)25-21(28)24-2;1-14-2-7-17(19(22)18(14)21)26-12-10-25(11-13-26)9-8-15-3-5-16(6-4-15)24-20(23)27/h7-8,15-16,28H,3-6,9-14H2,1-2H3,(H,24,29);3,8,16-17H,4-7,9-14H2,1-2H3,(H2,24,25,28);2,7,15-16H,3-6,8-13H2,1H3,(H3,23,24,27). The summed E-state index contributed by atoms with van der Waals surface area (Å²) >= 11 is 37.9. The predicted octanol–water partition coefficient (Wildman–Crippen LogP) is 12.4. The largest absolute Gasteiger partial charge is 0.506 e. The van der Waals surface area contributed by atoms with E-state index in [1.54, 1.807) is 32.1 Å². The van der Waals surface area contributed by atoms with Gasteiger partial charge in [0.05, 0.1) is 42.2 Å². The molecule has 3 heterocycles. The summed E-state index contributed by atoms with van der Waals surface area (Å²) in [5.74, 6) is 2.33. The van der Waals surface area contributed by atoms with Crippen molar-refractivity contribution >= 4 is 105 Å². The maximum atomic E-state index is 11.8. The number of urea groups is 3. The van der Waals surface area contributed by atoms with Gasteiger partial charge >= 0.3 is 18.1 Å². The molecular formula is C62H94Cl6N12O4. The summed E-state index contributed by atoms with van der Waals surface area (Å²) < 4.78 is 0. The lowest BCUT2D eigenvalue weighted by molar-refractivity contribution is 0.194. The summed E-state index contributed by atoms with van der Waals surface area (Å²) in [5, 5.41) is 24.7. The Bertz CT molecular complexity index is 2570. The lowest BCUT2D eigenvalue weighted by Crippen LogP contribution is -2.47. The number of benzene rings is 3. The quantitative estimate of drug-likeness (QED) is 0.0862. The van der Waals surface area contributed by atoms with Gasteiger partial charge in [-0.25, -0.2) is 14.4 Å². The molecule has 22 heteroatoms. The van der Waals surface area contributed by atoms with Crippen LogP contribution in [0.4, 0.5) is 31.4 Å². The van der Waals surface area contributed by atoms with E-state index in [0.717, 1.165) is 183 Å². The number of phenols is 1. The van der Waals surface area contributed by atoms with Crippen molar-refractivity contribution in [3.05, 3.63) is 77.7 Å². The first-order valence-corrected chi connectivity index (χ1v) is 33.0. The molecule has 3 aromatic rings. The van der Waals surface area contributed by atoms with Gasteiger partial charge in [-0.2, -0.15) is 0 Å². The van der Waals surface area contributed by atoms with Crippen molar-refractivity contribution in [2.24, 2.45) is 23.5 Å². The first-order chi connectivity index (χ1) is 40.3. The second-order valence-corrected chi connectivity index (χ2v) is 26.6. The van der Waals surface area contributed by atoms with Crippen molar-refractivity contribution in [1.82, 2.24) is 40.9 Å². The van der Waals surface area contributed by atoms with Crippen LogP contribution in [-0.4, -0.2) is 180 Å². The van der Waals surface area contributed by atoms with E-state index in [9.17, 15) is 19.5 Å². The number of piperazine rings is 3. The molecule has 0 bridgehead atoms. The highest BCUT2D eigenvalue weighted by molar-refractivity contribution is 6.45. The molecule has 0 radical (unpaired) electrons. The average Bonchev–Trinajstić information content (AvgIpc) is 3.31.